The number of aromatic nitrogens is 5. The number of benzene rings is 19. The molecule has 0 aliphatic heterocycles. The third kappa shape index (κ3) is 17.2. The van der Waals surface area contributed by atoms with Gasteiger partial charge in [0.15, 0.2) is 0 Å². The molecule has 644 valence electrons. The van der Waals surface area contributed by atoms with Crippen LogP contribution in [0.3, 0.4) is 0 Å². The van der Waals surface area contributed by atoms with Gasteiger partial charge in [0.05, 0.1) is 38.6 Å². The van der Waals surface area contributed by atoms with Crippen LogP contribution in [0.4, 0.5) is 42.9 Å². The second-order valence-corrected chi connectivity index (χ2v) is 46.8. The summed E-state index contributed by atoms with van der Waals surface area (Å²) in [6.45, 7) is 14.1. The van der Waals surface area contributed by atoms with Crippen LogP contribution in [0.5, 0.6) is 17.2 Å². The minimum absolute atomic E-state index is 0.262. The summed E-state index contributed by atoms with van der Waals surface area (Å²) in [5.74, 6) is 2.24. The molecule has 2 radical (unpaired) electrons. The molecule has 0 N–H and O–H groups in total. The van der Waals surface area contributed by atoms with Crippen molar-refractivity contribution in [1.29, 1.82) is 1.34 Å². The van der Waals surface area contributed by atoms with Gasteiger partial charge in [0.1, 0.15) is 51.3 Å². The Morgan fingerprint density at radius 3 is 1.10 bits per heavy atom. The van der Waals surface area contributed by atoms with Crippen LogP contribution in [0.1, 0.15) is 0 Å². The van der Waals surface area contributed by atoms with Crippen molar-refractivity contribution in [1.82, 2.24) is 24.5 Å². The fraction of sp³-hybridized carbons (Fsp3) is 0.0508. The number of pyridine rings is 3. The highest BCUT2D eigenvalue weighted by Crippen LogP contribution is 2.50. The Morgan fingerprint density at radius 1 is 0.306 bits per heavy atom. The van der Waals surface area contributed by atoms with E-state index in [-0.39, 0.29) is 11.6 Å². The number of hydrogen-bond donors (Lipinski definition) is 0. The van der Waals surface area contributed by atoms with Gasteiger partial charge in [-0.25, -0.2) is 13.8 Å². The van der Waals surface area contributed by atoms with Gasteiger partial charge >= 0.3 is 15.1 Å². The van der Waals surface area contributed by atoms with Gasteiger partial charge < -0.3 is 21.2 Å². The number of fused-ring (bicyclic) bond motifs is 6. The van der Waals surface area contributed by atoms with Gasteiger partial charge in [-0.3, -0.25) is 19.5 Å². The Labute approximate surface area is 787 Å². The first kappa shape index (κ1) is 85.1. The van der Waals surface area contributed by atoms with Gasteiger partial charge in [0, 0.05) is 87.9 Å². The predicted octanol–water partition coefficient (Wildman–Crippen LogP) is 30.1. The predicted molar refractivity (Wildman–Crippen MR) is 563 cm³/mol. The molecule has 10 nitrogen and oxygen atoms in total. The van der Waals surface area contributed by atoms with Crippen molar-refractivity contribution < 1.29 is 20.1 Å². The molecule has 0 aliphatic rings. The lowest BCUT2D eigenvalue weighted by atomic mass is 9.85. The molecule has 0 fully saturated rings. The van der Waals surface area contributed by atoms with Crippen LogP contribution < -0.4 is 31.5 Å². The van der Waals surface area contributed by atoms with E-state index < -0.39 is 31.3 Å². The summed E-state index contributed by atoms with van der Waals surface area (Å²) in [4.78, 5) is 23.1. The Morgan fingerprint density at radius 2 is 0.664 bits per heavy atom. The smallest absolute Gasteiger partial charge is 0.576 e. The summed E-state index contributed by atoms with van der Waals surface area (Å²) >= 11 is -2.86. The number of anilines is 6. The molecule has 16 heteroatoms. The van der Waals surface area contributed by atoms with Crippen LogP contribution in [0.25, 0.3) is 148 Å². The van der Waals surface area contributed by atoms with Crippen molar-refractivity contribution in [2.45, 2.75) is 39.3 Å². The van der Waals surface area contributed by atoms with Crippen LogP contribution in [0, 0.1) is 11.6 Å². The first-order valence-electron chi connectivity index (χ1n) is 45.4. The van der Waals surface area contributed by atoms with Gasteiger partial charge in [0.2, 0.25) is 0 Å². The minimum Gasteiger partial charge on any atom is -0.576 e. The largest absolute Gasteiger partial charge is 1.20 e. The van der Waals surface area contributed by atoms with E-state index in [0.717, 1.165) is 116 Å². The number of rotatable bonds is 19. The highest BCUT2D eigenvalue weighted by atomic mass is 28.3. The molecular formula is C118H91AlBF2N7O3Si2. The van der Waals surface area contributed by atoms with Gasteiger partial charge in [0.25, 0.3) is 0 Å². The summed E-state index contributed by atoms with van der Waals surface area (Å²) in [6, 6.07) is 143. The number of nitrogens with zero attached hydrogens (tertiary/aromatic N) is 7. The molecule has 0 saturated carbocycles. The SMILES string of the molecule is C[Si](C)(C)c1ccc(N(c2ccc(F)cc2)c2ccc3ccc4c(N(c5ccc(F)cc5)c5ccc([Si](C)(C)C)cc5)ccc5ccc2c3c54)cc1.[2H][B].c1ccc(-c2c3ccccc3c(-c3ccccc3)c3cc(-c4ccc(-c5nc6ccccc6n5-c5ccccc5)cc4)ccc23)cc1.c1cnc2c([O][Al]([O]c3cccc4cccnc34)[O]c3cccc4cccnc34)cccc2c1. The molecule has 134 heavy (non-hydrogen) atoms. The monoisotopic (exact) mass is 1790 g/mol. The lowest BCUT2D eigenvalue weighted by Gasteiger charge is -2.30. The first-order chi connectivity index (χ1) is 66.0. The van der Waals surface area contributed by atoms with Crippen molar-refractivity contribution in [3.8, 4) is 67.7 Å². The maximum absolute atomic E-state index is 14.3. The Bertz CT molecular complexity index is 7840. The second-order valence-electron chi connectivity index (χ2n) is 35.4. The van der Waals surface area contributed by atoms with Crippen LogP contribution in [-0.2, 0) is 0 Å². The Kier molecular flexibility index (Phi) is 23.5. The maximum Gasteiger partial charge on any atom is 1.20 e. The van der Waals surface area contributed by atoms with Crippen LogP contribution in [0.15, 0.2) is 437 Å². The molecule has 0 bridgehead atoms. The van der Waals surface area contributed by atoms with E-state index >= 15 is 0 Å². The molecule has 0 spiro atoms. The molecule has 19 aromatic carbocycles. The van der Waals surface area contributed by atoms with Gasteiger partial charge in [-0.15, -0.1) is 0 Å². The lowest BCUT2D eigenvalue weighted by Crippen LogP contribution is -2.37. The molecule has 0 saturated heterocycles. The zero-order valence-corrected chi connectivity index (χ0v) is 78.0. The number of halogens is 2. The molecular weight excluding hydrogens is 1700 g/mol. The third-order valence-corrected chi connectivity index (χ3v) is 30.4. The van der Waals surface area contributed by atoms with Crippen LogP contribution >= 0.6 is 0 Å². The minimum atomic E-state index is -2.86. The van der Waals surface area contributed by atoms with E-state index in [4.69, 9.17) is 17.7 Å². The maximum atomic E-state index is 14.3. The summed E-state index contributed by atoms with van der Waals surface area (Å²) in [5.41, 5.74) is 19.8. The van der Waals surface area contributed by atoms with Crippen molar-refractivity contribution in [3.63, 3.8) is 0 Å². The Hall–Kier alpha value is -15.7. The fourth-order valence-electron chi connectivity index (χ4n) is 18.4. The summed E-state index contributed by atoms with van der Waals surface area (Å²) in [5, 5.41) is 17.6. The molecule has 23 rings (SSSR count). The average molecular weight is 1790 g/mol. The number of para-hydroxylation sites is 6. The van der Waals surface area contributed by atoms with Crippen LogP contribution in [-0.4, -0.2) is 65.5 Å². The first-order valence-corrected chi connectivity index (χ1v) is 53.2. The average Bonchev–Trinajstić information content (AvgIpc) is 1.07. The number of imidazole rings is 1. The third-order valence-electron chi connectivity index (χ3n) is 24.9. The summed E-state index contributed by atoms with van der Waals surface area (Å²) in [7, 11) is 0.726. The fourth-order valence-corrected chi connectivity index (χ4v) is 22.0. The molecule has 4 heterocycles. The standard InChI is InChI=1S/C46H42F2N2Si2.C45H30N2.3C9H7NO.Al.BH/c1-51(2,3)39-23-19-37(20-24-39)49(35-15-11-33(47)12-16-35)43-29-9-31-8-28-42-44(30-10-32-7-27-41(43)45(31)46(32)42)50(36-17-13-34(48)14-18-36)38-21-25-40(26-22-38)52(4,5)6;1-4-14-32(15-5-1)43-37-20-10-11-21-38(37)44(33-16-6-2-7-17-33)40-30-35(28-29-39(40)43)31-24-26-34(27-25-31)45-46-41-22-12-13-23-42(41)47(45)36-18-8-3-9-19-36;3*11-8-5-1-3-7-4-2-6-10-9(7)8;;/h7-30H,1-6H3;1-30H;3*1-6,11H;;1H/q;;;;;+3;/p-3/i;;;;;;1D. The van der Waals surface area contributed by atoms with Crippen molar-refractivity contribution in [2.24, 2.45) is 0 Å². The zero-order valence-electron chi connectivity index (χ0n) is 75.8. The van der Waals surface area contributed by atoms with E-state index in [9.17, 15) is 8.78 Å². The molecule has 0 amide bonds. The molecule has 0 unspecified atom stereocenters. The van der Waals surface area contributed by atoms with Gasteiger partial charge in [-0.2, -0.15) is 0 Å². The lowest BCUT2D eigenvalue weighted by molar-refractivity contribution is 0.311. The quantitative estimate of drug-likeness (QED) is 0.0446. The van der Waals surface area contributed by atoms with E-state index in [1.54, 1.807) is 18.6 Å². The van der Waals surface area contributed by atoms with Crippen LogP contribution in [0.2, 0.25) is 39.3 Å². The molecule has 0 aliphatic carbocycles. The molecule has 23 aromatic rings. The molecule has 4 aromatic heterocycles. The second kappa shape index (κ2) is 36.9. The molecule has 0 atom stereocenters. The zero-order chi connectivity index (χ0) is 92.3. The van der Waals surface area contributed by atoms with Crippen molar-refractivity contribution in [2.75, 3.05) is 9.80 Å². The topological polar surface area (TPSA) is 90.7 Å². The number of hydrogen-bond acceptors (Lipinski definition) is 9. The van der Waals surface area contributed by atoms with Gasteiger partial charge in [-0.05, 0) is 229 Å². The highest BCUT2D eigenvalue weighted by Gasteiger charge is 2.46. The normalized spacial score (nSPS) is 11.6. The van der Waals surface area contributed by atoms with Gasteiger partial charge in [-0.1, -0.05) is 317 Å². The van der Waals surface area contributed by atoms with E-state index in [0.29, 0.717) is 17.2 Å². The summed E-state index contributed by atoms with van der Waals surface area (Å²) < 4.78 is 55.3. The van der Waals surface area contributed by atoms with E-state index in [2.05, 4.69) is 350 Å². The Balaban J connectivity index is 0.000000127. The van der Waals surface area contributed by atoms with E-state index in [1.807, 2.05) is 121 Å². The highest BCUT2D eigenvalue weighted by molar-refractivity contribution is 6.89. The van der Waals surface area contributed by atoms with E-state index in [1.165, 1.54) is 100 Å². The van der Waals surface area contributed by atoms with Crippen molar-refractivity contribution >= 4 is 182 Å². The van der Waals surface area contributed by atoms with Crippen molar-refractivity contribution in [3.05, 3.63) is 449 Å². The summed E-state index contributed by atoms with van der Waals surface area (Å²) in [6.07, 6.45) is 5.24.